The minimum atomic E-state index is -1.13. The van der Waals surface area contributed by atoms with Crippen LogP contribution in [0, 0.1) is 5.41 Å². The van der Waals surface area contributed by atoms with Crippen molar-refractivity contribution < 1.29 is 15.2 Å². The van der Waals surface area contributed by atoms with E-state index in [2.05, 4.69) is 20.6 Å². The van der Waals surface area contributed by atoms with E-state index < -0.39 is 16.9 Å². The summed E-state index contributed by atoms with van der Waals surface area (Å²) in [4.78, 5) is 20.5. The zero-order valence-corrected chi connectivity index (χ0v) is 16.1. The standard InChI is InChI=1S/C18H23N5O3S.H2/c1-3-5-6-27(25)16-7-13(9-19)17(21-12-16)22-14-8-15(11-20-10-14)23-18(24)26-4-2;/h7-12,19H,3-6H2,1-2H3,(H,21,22)(H,23,24);1H. The van der Waals surface area contributed by atoms with Crippen LogP contribution in [0.2, 0.25) is 0 Å². The Bertz CT molecular complexity index is 835. The Morgan fingerprint density at radius 3 is 2.78 bits per heavy atom. The van der Waals surface area contributed by atoms with Gasteiger partial charge in [0.25, 0.3) is 0 Å². The molecule has 1 unspecified atom stereocenters. The van der Waals surface area contributed by atoms with Crippen LogP contribution in [0.5, 0.6) is 0 Å². The molecule has 0 spiro atoms. The Morgan fingerprint density at radius 1 is 1.30 bits per heavy atom. The highest BCUT2D eigenvalue weighted by molar-refractivity contribution is 7.85. The van der Waals surface area contributed by atoms with Gasteiger partial charge in [0.15, 0.2) is 0 Å². The van der Waals surface area contributed by atoms with Gasteiger partial charge in [-0.25, -0.2) is 9.78 Å². The second-order valence-electron chi connectivity index (χ2n) is 5.59. The van der Waals surface area contributed by atoms with E-state index in [9.17, 15) is 9.00 Å². The number of ether oxygens (including phenoxy) is 1. The fourth-order valence-corrected chi connectivity index (χ4v) is 3.41. The molecule has 1 amide bonds. The first-order valence-electron chi connectivity index (χ1n) is 8.62. The van der Waals surface area contributed by atoms with Gasteiger partial charge in [0.2, 0.25) is 0 Å². The SMILES string of the molecule is CCCCS(=O)c1cnc(Nc2cncc(NC(=O)OCC)c2)c(C=N)c1.[HH]. The average molecular weight is 391 g/mol. The Labute approximate surface area is 162 Å². The zero-order valence-electron chi connectivity index (χ0n) is 15.3. The van der Waals surface area contributed by atoms with Gasteiger partial charge in [0.05, 0.1) is 46.1 Å². The highest BCUT2D eigenvalue weighted by atomic mass is 32.2. The molecule has 2 aromatic rings. The van der Waals surface area contributed by atoms with Crippen molar-refractivity contribution >= 4 is 40.3 Å². The van der Waals surface area contributed by atoms with E-state index in [1.807, 2.05) is 6.92 Å². The largest absolute Gasteiger partial charge is 0.450 e. The van der Waals surface area contributed by atoms with Crippen LogP contribution in [0.1, 0.15) is 33.7 Å². The van der Waals surface area contributed by atoms with Gasteiger partial charge < -0.3 is 15.5 Å². The third-order valence-corrected chi connectivity index (χ3v) is 4.93. The fraction of sp³-hybridized carbons (Fsp3) is 0.333. The number of rotatable bonds is 9. The lowest BCUT2D eigenvalue weighted by molar-refractivity contribution is 0.168. The molecule has 3 N–H and O–H groups in total. The van der Waals surface area contributed by atoms with Crippen molar-refractivity contribution in [1.82, 2.24) is 9.97 Å². The van der Waals surface area contributed by atoms with Crippen molar-refractivity contribution in [3.63, 3.8) is 0 Å². The van der Waals surface area contributed by atoms with Crippen LogP contribution in [-0.4, -0.2) is 38.8 Å². The lowest BCUT2D eigenvalue weighted by Gasteiger charge is -2.11. The predicted molar refractivity (Wildman–Crippen MR) is 109 cm³/mol. The summed E-state index contributed by atoms with van der Waals surface area (Å²) in [5.41, 5.74) is 1.56. The van der Waals surface area contributed by atoms with E-state index >= 15 is 0 Å². The first kappa shape index (κ1) is 20.5. The van der Waals surface area contributed by atoms with Gasteiger partial charge in [-0.2, -0.15) is 0 Å². The number of unbranched alkanes of at least 4 members (excludes halogenated alkanes) is 1. The average Bonchev–Trinajstić information content (AvgIpc) is 2.66. The van der Waals surface area contributed by atoms with E-state index in [-0.39, 0.29) is 8.03 Å². The molecule has 146 valence electrons. The van der Waals surface area contributed by atoms with Crippen LogP contribution in [0.4, 0.5) is 22.0 Å². The molecule has 0 saturated carbocycles. The summed E-state index contributed by atoms with van der Waals surface area (Å²) >= 11 is 0. The molecule has 0 aromatic carbocycles. The maximum Gasteiger partial charge on any atom is 0.411 e. The minimum Gasteiger partial charge on any atom is -0.450 e. The highest BCUT2D eigenvalue weighted by Gasteiger charge is 2.10. The molecule has 1 atom stereocenters. The highest BCUT2D eigenvalue weighted by Crippen LogP contribution is 2.21. The molecule has 9 heteroatoms. The Hall–Kier alpha value is -2.81. The molecule has 0 saturated heterocycles. The first-order valence-corrected chi connectivity index (χ1v) is 9.94. The summed E-state index contributed by atoms with van der Waals surface area (Å²) in [6.45, 7) is 4.04. The van der Waals surface area contributed by atoms with Gasteiger partial charge in [0, 0.05) is 25.2 Å². The molecule has 2 heterocycles. The van der Waals surface area contributed by atoms with Crippen LogP contribution < -0.4 is 10.6 Å². The van der Waals surface area contributed by atoms with E-state index in [4.69, 9.17) is 10.1 Å². The lowest BCUT2D eigenvalue weighted by Crippen LogP contribution is -2.13. The van der Waals surface area contributed by atoms with Crippen molar-refractivity contribution in [3.8, 4) is 0 Å². The predicted octanol–water partition coefficient (Wildman–Crippen LogP) is 3.94. The molecular weight excluding hydrogens is 366 g/mol. The smallest absolute Gasteiger partial charge is 0.411 e. The third kappa shape index (κ3) is 6.14. The number of aromatic nitrogens is 2. The summed E-state index contributed by atoms with van der Waals surface area (Å²) in [5.74, 6) is 1.02. The van der Waals surface area contributed by atoms with Crippen molar-refractivity contribution in [2.24, 2.45) is 0 Å². The molecular formula is C18H25N5O3S. The first-order chi connectivity index (χ1) is 13.1. The number of anilines is 3. The molecule has 0 aliphatic carbocycles. The molecule has 8 nitrogen and oxygen atoms in total. The zero-order chi connectivity index (χ0) is 19.6. The van der Waals surface area contributed by atoms with Gasteiger partial charge in [-0.15, -0.1) is 0 Å². The van der Waals surface area contributed by atoms with Gasteiger partial charge in [-0.1, -0.05) is 13.3 Å². The number of nitrogens with one attached hydrogen (secondary N) is 3. The quantitative estimate of drug-likeness (QED) is 0.557. The van der Waals surface area contributed by atoms with Gasteiger partial charge >= 0.3 is 6.09 Å². The molecule has 0 aliphatic rings. The van der Waals surface area contributed by atoms with Gasteiger partial charge in [-0.05, 0) is 25.5 Å². The molecule has 0 bridgehead atoms. The number of pyridine rings is 2. The van der Waals surface area contributed by atoms with Crippen LogP contribution in [0.25, 0.3) is 0 Å². The van der Waals surface area contributed by atoms with E-state index in [0.717, 1.165) is 19.1 Å². The number of hydrogen-bond acceptors (Lipinski definition) is 7. The van der Waals surface area contributed by atoms with Crippen molar-refractivity contribution in [3.05, 3.63) is 36.3 Å². The molecule has 27 heavy (non-hydrogen) atoms. The van der Waals surface area contributed by atoms with Crippen molar-refractivity contribution in [2.75, 3.05) is 23.0 Å². The number of hydrogen-bond donors (Lipinski definition) is 3. The van der Waals surface area contributed by atoms with Gasteiger partial charge in [0.1, 0.15) is 5.82 Å². The lowest BCUT2D eigenvalue weighted by atomic mass is 10.2. The Balaban J connectivity index is 0.00000392. The fourth-order valence-electron chi connectivity index (χ4n) is 2.19. The molecule has 0 aliphatic heterocycles. The maximum atomic E-state index is 12.3. The third-order valence-electron chi connectivity index (χ3n) is 3.52. The van der Waals surface area contributed by atoms with Crippen molar-refractivity contribution in [2.45, 2.75) is 31.6 Å². The number of amides is 1. The minimum absolute atomic E-state index is 0. The van der Waals surface area contributed by atoms with Crippen LogP contribution in [0.15, 0.2) is 35.6 Å². The second-order valence-corrected chi connectivity index (χ2v) is 7.16. The van der Waals surface area contributed by atoms with E-state index in [1.54, 1.807) is 31.5 Å². The molecule has 2 rings (SSSR count). The van der Waals surface area contributed by atoms with Crippen LogP contribution in [0.3, 0.4) is 0 Å². The van der Waals surface area contributed by atoms with Gasteiger partial charge in [-0.3, -0.25) is 14.5 Å². The number of carbonyl (C=O) groups excluding carboxylic acids is 1. The Morgan fingerprint density at radius 2 is 2.07 bits per heavy atom. The Kier molecular flexibility index (Phi) is 7.87. The summed E-state index contributed by atoms with van der Waals surface area (Å²) in [6.07, 6.45) is 7.05. The van der Waals surface area contributed by atoms with E-state index in [0.29, 0.717) is 33.4 Å². The molecule has 0 fully saturated rings. The summed E-state index contributed by atoms with van der Waals surface area (Å²) in [5, 5.41) is 13.2. The summed E-state index contributed by atoms with van der Waals surface area (Å²) in [6, 6.07) is 3.37. The maximum absolute atomic E-state index is 12.3. The van der Waals surface area contributed by atoms with E-state index in [1.165, 1.54) is 6.20 Å². The summed E-state index contributed by atoms with van der Waals surface area (Å²) < 4.78 is 17.1. The van der Waals surface area contributed by atoms with Crippen molar-refractivity contribution in [1.29, 1.82) is 5.41 Å². The van der Waals surface area contributed by atoms with Crippen LogP contribution >= 0.6 is 0 Å². The normalized spacial score (nSPS) is 11.5. The monoisotopic (exact) mass is 391 g/mol. The molecule has 2 aromatic heterocycles. The second kappa shape index (κ2) is 10.4. The number of carbonyl (C=O) groups is 1. The topological polar surface area (TPSA) is 117 Å². The van der Waals surface area contributed by atoms with Crippen LogP contribution in [-0.2, 0) is 15.5 Å². The summed E-state index contributed by atoms with van der Waals surface area (Å²) in [7, 11) is -1.13. The number of nitrogens with zero attached hydrogens (tertiary/aromatic N) is 2. The molecule has 0 radical (unpaired) electrons.